The number of anilines is 1. The van der Waals surface area contributed by atoms with E-state index in [1.54, 1.807) is 0 Å². The van der Waals surface area contributed by atoms with E-state index >= 15 is 0 Å². The third-order valence-electron chi connectivity index (χ3n) is 3.17. The maximum atomic E-state index is 11.7. The number of hydrogen-bond donors (Lipinski definition) is 2. The molecular formula is C16H29N5O4. The first kappa shape index (κ1) is 20.6. The number of rotatable bonds is 7. The van der Waals surface area contributed by atoms with E-state index in [4.69, 9.17) is 9.47 Å². The molecule has 1 aromatic heterocycles. The van der Waals surface area contributed by atoms with Crippen molar-refractivity contribution in [3.05, 3.63) is 11.4 Å². The van der Waals surface area contributed by atoms with Crippen LogP contribution < -0.4 is 15.5 Å². The summed E-state index contributed by atoms with van der Waals surface area (Å²) in [7, 11) is 5.53. The van der Waals surface area contributed by atoms with Gasteiger partial charge in [-0.25, -0.2) is 14.6 Å². The Hall–Kier alpha value is -2.45. The standard InChI is InChI=1S/C16H29N5O4/c1-10(2)17-15(22)24-8-12-13(9-25-16(23)18-11(3)4)21(7)14(19-12)20(5)6/h10-11H,8-9H2,1-7H3,(H,17,22)(H,18,23). The Morgan fingerprint density at radius 3 is 1.96 bits per heavy atom. The first-order chi connectivity index (χ1) is 11.6. The van der Waals surface area contributed by atoms with Gasteiger partial charge in [-0.15, -0.1) is 0 Å². The molecule has 2 amide bonds. The number of imidazole rings is 1. The average Bonchev–Trinajstić information content (AvgIpc) is 2.78. The van der Waals surface area contributed by atoms with Crippen LogP contribution in [0.3, 0.4) is 0 Å². The van der Waals surface area contributed by atoms with Gasteiger partial charge in [0.15, 0.2) is 0 Å². The molecule has 142 valence electrons. The Morgan fingerprint density at radius 1 is 1.04 bits per heavy atom. The van der Waals surface area contributed by atoms with Gasteiger partial charge in [-0.05, 0) is 27.7 Å². The van der Waals surface area contributed by atoms with Crippen LogP contribution in [0.5, 0.6) is 0 Å². The maximum Gasteiger partial charge on any atom is 0.407 e. The second-order valence-electron chi connectivity index (χ2n) is 6.51. The van der Waals surface area contributed by atoms with Crippen molar-refractivity contribution in [2.24, 2.45) is 7.05 Å². The van der Waals surface area contributed by atoms with Crippen LogP contribution in [0.25, 0.3) is 0 Å². The molecule has 0 fully saturated rings. The van der Waals surface area contributed by atoms with Crippen molar-refractivity contribution in [2.45, 2.75) is 53.0 Å². The van der Waals surface area contributed by atoms with Gasteiger partial charge >= 0.3 is 12.2 Å². The SMILES string of the molecule is CC(C)NC(=O)OCc1nc(N(C)C)n(C)c1COC(=O)NC(C)C. The van der Waals surface area contributed by atoms with E-state index in [0.717, 1.165) is 0 Å². The lowest BCUT2D eigenvalue weighted by Crippen LogP contribution is -2.31. The van der Waals surface area contributed by atoms with E-state index in [1.807, 2.05) is 58.3 Å². The van der Waals surface area contributed by atoms with Crippen molar-refractivity contribution in [3.63, 3.8) is 0 Å². The molecule has 0 aliphatic heterocycles. The zero-order chi connectivity index (χ0) is 19.1. The van der Waals surface area contributed by atoms with Crippen LogP contribution in [0.2, 0.25) is 0 Å². The summed E-state index contributed by atoms with van der Waals surface area (Å²) in [5.41, 5.74) is 1.21. The fourth-order valence-corrected chi connectivity index (χ4v) is 2.09. The van der Waals surface area contributed by atoms with E-state index in [1.165, 1.54) is 0 Å². The van der Waals surface area contributed by atoms with Gasteiger partial charge in [-0.3, -0.25) is 0 Å². The molecular weight excluding hydrogens is 326 g/mol. The van der Waals surface area contributed by atoms with Crippen LogP contribution in [-0.4, -0.2) is 47.9 Å². The Labute approximate surface area is 148 Å². The van der Waals surface area contributed by atoms with Gasteiger partial charge in [0.1, 0.15) is 18.9 Å². The minimum Gasteiger partial charge on any atom is -0.443 e. The fourth-order valence-electron chi connectivity index (χ4n) is 2.09. The molecule has 1 aromatic rings. The highest BCUT2D eigenvalue weighted by molar-refractivity contribution is 5.68. The van der Waals surface area contributed by atoms with E-state index in [2.05, 4.69) is 15.6 Å². The lowest BCUT2D eigenvalue weighted by molar-refractivity contribution is 0.126. The lowest BCUT2D eigenvalue weighted by Gasteiger charge is -2.13. The molecule has 0 spiro atoms. The summed E-state index contributed by atoms with van der Waals surface area (Å²) in [6, 6.07) is -0.0324. The van der Waals surface area contributed by atoms with Gasteiger partial charge < -0.3 is 29.6 Å². The molecule has 9 nitrogen and oxygen atoms in total. The summed E-state index contributed by atoms with van der Waals surface area (Å²) in [6.07, 6.45) is -1.02. The van der Waals surface area contributed by atoms with Crippen LogP contribution in [0, 0.1) is 0 Å². The van der Waals surface area contributed by atoms with Crippen LogP contribution in [-0.2, 0) is 29.7 Å². The zero-order valence-electron chi connectivity index (χ0n) is 16.0. The van der Waals surface area contributed by atoms with Crippen molar-refractivity contribution in [2.75, 3.05) is 19.0 Å². The van der Waals surface area contributed by atoms with Gasteiger partial charge in [0, 0.05) is 33.2 Å². The van der Waals surface area contributed by atoms with Gasteiger partial charge in [0.25, 0.3) is 0 Å². The predicted octanol–water partition coefficient (Wildman–Crippen LogP) is 1.76. The number of carbonyl (C=O) groups is 2. The molecule has 0 atom stereocenters. The van der Waals surface area contributed by atoms with E-state index < -0.39 is 12.2 Å². The number of ether oxygens (including phenoxy) is 2. The summed E-state index contributed by atoms with van der Waals surface area (Å²) in [5, 5.41) is 5.30. The topological polar surface area (TPSA) is 97.7 Å². The van der Waals surface area contributed by atoms with Crippen molar-refractivity contribution in [1.82, 2.24) is 20.2 Å². The molecule has 9 heteroatoms. The molecule has 1 rings (SSSR count). The monoisotopic (exact) mass is 355 g/mol. The number of amides is 2. The second-order valence-corrected chi connectivity index (χ2v) is 6.51. The largest absolute Gasteiger partial charge is 0.443 e. The molecule has 2 N–H and O–H groups in total. The number of aromatic nitrogens is 2. The number of nitrogens with zero attached hydrogens (tertiary/aromatic N) is 3. The molecule has 0 unspecified atom stereocenters. The summed E-state index contributed by atoms with van der Waals surface area (Å²) in [6.45, 7) is 7.41. The smallest absolute Gasteiger partial charge is 0.407 e. The van der Waals surface area contributed by atoms with Crippen LogP contribution >= 0.6 is 0 Å². The number of hydrogen-bond acceptors (Lipinski definition) is 6. The minimum absolute atomic E-state index is 0.00920. The lowest BCUT2D eigenvalue weighted by atomic mass is 10.3. The second kappa shape index (κ2) is 9.14. The summed E-state index contributed by atoms with van der Waals surface area (Å²) in [5.74, 6) is 0.672. The highest BCUT2D eigenvalue weighted by Crippen LogP contribution is 2.19. The predicted molar refractivity (Wildman–Crippen MR) is 94.4 cm³/mol. The normalized spacial score (nSPS) is 10.8. The van der Waals surface area contributed by atoms with Gasteiger partial charge in [0.05, 0.1) is 5.69 Å². The molecule has 0 aromatic carbocycles. The molecule has 0 saturated heterocycles. The Kier molecular flexibility index (Phi) is 7.53. The van der Waals surface area contributed by atoms with Crippen molar-refractivity contribution < 1.29 is 19.1 Å². The summed E-state index contributed by atoms with van der Waals surface area (Å²) in [4.78, 5) is 29.7. The third kappa shape index (κ3) is 6.52. The summed E-state index contributed by atoms with van der Waals surface area (Å²) < 4.78 is 12.2. The van der Waals surface area contributed by atoms with E-state index in [9.17, 15) is 9.59 Å². The molecule has 25 heavy (non-hydrogen) atoms. The van der Waals surface area contributed by atoms with Crippen LogP contribution in [0.4, 0.5) is 15.5 Å². The number of nitrogens with one attached hydrogen (secondary N) is 2. The van der Waals surface area contributed by atoms with Crippen LogP contribution in [0.1, 0.15) is 39.1 Å². The van der Waals surface area contributed by atoms with Crippen molar-refractivity contribution in [1.29, 1.82) is 0 Å². The zero-order valence-corrected chi connectivity index (χ0v) is 16.0. The molecule has 0 saturated carbocycles. The highest BCUT2D eigenvalue weighted by atomic mass is 16.6. The Bertz CT molecular complexity index is 596. The minimum atomic E-state index is -0.517. The van der Waals surface area contributed by atoms with Gasteiger partial charge in [0.2, 0.25) is 5.95 Å². The first-order valence-corrected chi connectivity index (χ1v) is 8.20. The van der Waals surface area contributed by atoms with E-state index in [-0.39, 0.29) is 25.3 Å². The highest BCUT2D eigenvalue weighted by Gasteiger charge is 2.19. The van der Waals surface area contributed by atoms with E-state index in [0.29, 0.717) is 17.3 Å². The van der Waals surface area contributed by atoms with Crippen molar-refractivity contribution in [3.8, 4) is 0 Å². The molecule has 0 bridgehead atoms. The van der Waals surface area contributed by atoms with Gasteiger partial charge in [-0.2, -0.15) is 0 Å². The Balaban J connectivity index is 2.86. The van der Waals surface area contributed by atoms with Crippen LogP contribution in [0.15, 0.2) is 0 Å². The number of alkyl carbamates (subject to hydrolysis) is 2. The molecule has 0 radical (unpaired) electrons. The molecule has 0 aliphatic carbocycles. The Morgan fingerprint density at radius 2 is 1.52 bits per heavy atom. The quantitative estimate of drug-likeness (QED) is 0.773. The molecule has 0 aliphatic rings. The first-order valence-electron chi connectivity index (χ1n) is 8.20. The third-order valence-corrected chi connectivity index (χ3v) is 3.17. The van der Waals surface area contributed by atoms with Crippen molar-refractivity contribution >= 4 is 18.1 Å². The average molecular weight is 355 g/mol. The van der Waals surface area contributed by atoms with Gasteiger partial charge in [-0.1, -0.05) is 0 Å². The summed E-state index contributed by atoms with van der Waals surface area (Å²) >= 11 is 0. The molecule has 1 heterocycles. The maximum absolute atomic E-state index is 11.7. The number of carbonyl (C=O) groups excluding carboxylic acids is 2. The fraction of sp³-hybridized carbons (Fsp3) is 0.688.